The minimum absolute atomic E-state index is 0.0745. The highest BCUT2D eigenvalue weighted by atomic mass is 79.9. The van der Waals surface area contributed by atoms with Crippen LogP contribution < -0.4 is 30.7 Å². The Morgan fingerprint density at radius 3 is 1.73 bits per heavy atom. The highest BCUT2D eigenvalue weighted by Crippen LogP contribution is 2.37. The van der Waals surface area contributed by atoms with Crippen molar-refractivity contribution in [2.75, 3.05) is 59.1 Å². The Bertz CT molecular complexity index is 1530. The number of rotatable bonds is 5. The minimum Gasteiger partial charge on any atom is -0.444 e. The van der Waals surface area contributed by atoms with Crippen LogP contribution >= 0.6 is 15.9 Å². The van der Waals surface area contributed by atoms with Crippen LogP contribution in [0.4, 0.5) is 32.3 Å². The summed E-state index contributed by atoms with van der Waals surface area (Å²) in [6.45, 7) is 12.3. The van der Waals surface area contributed by atoms with E-state index in [0.29, 0.717) is 25.6 Å². The molecule has 4 aliphatic rings. The number of carbonyl (C=O) groups excluding carboxylic acids is 4. The molecule has 3 N–H and O–H groups in total. The van der Waals surface area contributed by atoms with Gasteiger partial charge in [-0.25, -0.2) is 9.59 Å². The van der Waals surface area contributed by atoms with Gasteiger partial charge in [-0.2, -0.15) is 0 Å². The molecule has 2 aromatic rings. The number of carbonyl (C=O) groups is 4. The molecule has 0 aromatic heterocycles. The van der Waals surface area contributed by atoms with Crippen molar-refractivity contribution < 1.29 is 28.7 Å². The molecule has 2 atom stereocenters. The lowest BCUT2D eigenvalue weighted by Crippen LogP contribution is -2.53. The highest BCUT2D eigenvalue weighted by molar-refractivity contribution is 9.09. The van der Waals surface area contributed by atoms with Crippen molar-refractivity contribution in [3.63, 3.8) is 0 Å². The van der Waals surface area contributed by atoms with E-state index in [-0.39, 0.29) is 11.8 Å². The fourth-order valence-electron chi connectivity index (χ4n) is 5.50. The van der Waals surface area contributed by atoms with Gasteiger partial charge in [0, 0.05) is 39.1 Å². The molecule has 4 amide bonds. The van der Waals surface area contributed by atoms with Gasteiger partial charge < -0.3 is 40.1 Å². The molecule has 2 aliphatic heterocycles. The molecule has 0 bridgehead atoms. The average molecular weight is 772 g/mol. The van der Waals surface area contributed by atoms with Gasteiger partial charge in [0.15, 0.2) is 0 Å². The van der Waals surface area contributed by atoms with Gasteiger partial charge in [0.25, 0.3) is 5.91 Å². The van der Waals surface area contributed by atoms with E-state index in [9.17, 15) is 19.2 Å². The van der Waals surface area contributed by atoms with E-state index in [4.69, 9.17) is 9.47 Å². The molecular weight excluding hydrogens is 716 g/mol. The number of para-hydroxylation sites is 4. The van der Waals surface area contributed by atoms with Crippen LogP contribution in [-0.2, 0) is 19.1 Å². The van der Waals surface area contributed by atoms with E-state index < -0.39 is 35.5 Å². The second-order valence-electron chi connectivity index (χ2n) is 15.6. The highest BCUT2D eigenvalue weighted by Gasteiger charge is 2.37. The summed E-state index contributed by atoms with van der Waals surface area (Å²) in [4.78, 5) is 55.2. The number of alkyl carbamates (subject to hydrolysis) is 2. The second-order valence-corrected chi connectivity index (χ2v) is 16.3. The molecule has 280 valence electrons. The topological polar surface area (TPSA) is 133 Å². The van der Waals surface area contributed by atoms with E-state index >= 15 is 0 Å². The molecule has 2 aromatic carbocycles. The minimum atomic E-state index is -0.669. The summed E-state index contributed by atoms with van der Waals surface area (Å²) in [5.41, 5.74) is 2.37. The quantitative estimate of drug-likeness (QED) is 0.293. The summed E-state index contributed by atoms with van der Waals surface area (Å²) in [6.07, 6.45) is 4.09. The smallest absolute Gasteiger partial charge is 0.408 e. The van der Waals surface area contributed by atoms with Crippen molar-refractivity contribution in [1.82, 2.24) is 10.6 Å². The first kappa shape index (κ1) is 39.8. The molecule has 2 saturated carbocycles. The van der Waals surface area contributed by atoms with Gasteiger partial charge in [-0.1, -0.05) is 40.2 Å². The number of nitrogens with zero attached hydrogens (tertiary/aromatic N) is 3. The zero-order valence-corrected chi connectivity index (χ0v) is 32.8. The Kier molecular flexibility index (Phi) is 13.3. The first-order valence-electron chi connectivity index (χ1n) is 17.7. The lowest BCUT2D eigenvalue weighted by molar-refractivity contribution is -0.120. The van der Waals surface area contributed by atoms with Crippen LogP contribution in [0.1, 0.15) is 67.2 Å². The van der Waals surface area contributed by atoms with Crippen LogP contribution in [0.25, 0.3) is 0 Å². The maximum atomic E-state index is 13.1. The predicted molar refractivity (Wildman–Crippen MR) is 206 cm³/mol. The van der Waals surface area contributed by atoms with Gasteiger partial charge in [-0.05, 0) is 103 Å². The molecule has 0 unspecified atom stereocenters. The van der Waals surface area contributed by atoms with Gasteiger partial charge in [0.05, 0.1) is 22.7 Å². The number of amides is 4. The Labute approximate surface area is 311 Å². The van der Waals surface area contributed by atoms with E-state index in [1.165, 1.54) is 18.2 Å². The summed E-state index contributed by atoms with van der Waals surface area (Å²) in [5, 5.41) is 9.42. The second kappa shape index (κ2) is 17.0. The number of benzene rings is 2. The number of nitrogens with one attached hydrogen (secondary N) is 3. The number of hydrogen-bond donors (Lipinski definition) is 3. The Hall–Kier alpha value is -4.00. The SMILES string of the molecule is BrCC1CC1.CN1C[C@@H](NC(=O)OC(C)(C)C)C(=O)N(CC2CC2)c2ccccc21.CN1C[C@@H](NC(=O)OC(C)(C)C)C(=O)Nc2ccccc21. The summed E-state index contributed by atoms with van der Waals surface area (Å²) >= 11 is 3.38. The maximum absolute atomic E-state index is 13.1. The zero-order valence-electron chi connectivity index (χ0n) is 31.3. The molecule has 0 radical (unpaired) electrons. The first-order valence-corrected chi connectivity index (χ1v) is 18.8. The number of ether oxygens (including phenoxy) is 2. The van der Waals surface area contributed by atoms with Gasteiger partial charge in [0.1, 0.15) is 23.3 Å². The lowest BCUT2D eigenvalue weighted by atomic mass is 10.2. The molecule has 2 fully saturated rings. The van der Waals surface area contributed by atoms with Crippen molar-refractivity contribution in [2.45, 2.75) is 90.5 Å². The molecule has 0 spiro atoms. The van der Waals surface area contributed by atoms with E-state index in [1.54, 1.807) is 20.8 Å². The molecule has 12 nitrogen and oxygen atoms in total. The van der Waals surface area contributed by atoms with Crippen LogP contribution in [0.2, 0.25) is 0 Å². The number of likely N-dealkylation sites (N-methyl/N-ethyl adjacent to an activating group) is 2. The Morgan fingerprint density at radius 2 is 1.22 bits per heavy atom. The van der Waals surface area contributed by atoms with Crippen LogP contribution in [0.3, 0.4) is 0 Å². The van der Waals surface area contributed by atoms with Crippen LogP contribution in [-0.4, -0.2) is 86.3 Å². The third-order valence-electron chi connectivity index (χ3n) is 8.39. The molecule has 0 saturated heterocycles. The average Bonchev–Trinajstić information content (AvgIpc) is 3.96. The third-order valence-corrected chi connectivity index (χ3v) is 9.30. The Morgan fingerprint density at radius 1 is 0.745 bits per heavy atom. The normalized spacial score (nSPS) is 20.1. The largest absolute Gasteiger partial charge is 0.444 e. The van der Waals surface area contributed by atoms with Crippen LogP contribution in [0.5, 0.6) is 0 Å². The number of anilines is 4. The number of fused-ring (bicyclic) bond motifs is 2. The van der Waals surface area contributed by atoms with E-state index in [2.05, 4.69) is 31.9 Å². The molecule has 51 heavy (non-hydrogen) atoms. The van der Waals surface area contributed by atoms with Crippen molar-refractivity contribution >= 4 is 62.7 Å². The van der Waals surface area contributed by atoms with Crippen LogP contribution in [0, 0.1) is 11.8 Å². The number of hydrogen-bond acceptors (Lipinski definition) is 8. The van der Waals surface area contributed by atoms with Gasteiger partial charge >= 0.3 is 12.2 Å². The maximum Gasteiger partial charge on any atom is 0.408 e. The lowest BCUT2D eigenvalue weighted by Gasteiger charge is -2.26. The van der Waals surface area contributed by atoms with Crippen molar-refractivity contribution in [3.8, 4) is 0 Å². The molecule has 2 heterocycles. The Balaban J connectivity index is 0.000000203. The fourth-order valence-corrected chi connectivity index (χ4v) is 6.14. The van der Waals surface area contributed by atoms with E-state index in [0.717, 1.165) is 41.5 Å². The van der Waals surface area contributed by atoms with Crippen molar-refractivity contribution in [1.29, 1.82) is 0 Å². The molecular formula is C38H55BrN6O6. The monoisotopic (exact) mass is 770 g/mol. The summed E-state index contributed by atoms with van der Waals surface area (Å²) < 4.78 is 10.5. The number of halogens is 1. The summed E-state index contributed by atoms with van der Waals surface area (Å²) in [6, 6.07) is 14.1. The predicted octanol–water partition coefficient (Wildman–Crippen LogP) is 6.53. The zero-order chi connectivity index (χ0) is 37.5. The number of alkyl halides is 1. The van der Waals surface area contributed by atoms with Crippen LogP contribution in [0.15, 0.2) is 48.5 Å². The van der Waals surface area contributed by atoms with Gasteiger partial charge in [-0.15, -0.1) is 0 Å². The first-order chi connectivity index (χ1) is 23.9. The van der Waals surface area contributed by atoms with Gasteiger partial charge in [0.2, 0.25) is 5.91 Å². The fraction of sp³-hybridized carbons (Fsp3) is 0.579. The third kappa shape index (κ3) is 12.6. The van der Waals surface area contributed by atoms with Crippen molar-refractivity contribution in [2.24, 2.45) is 11.8 Å². The summed E-state index contributed by atoms with van der Waals surface area (Å²) in [5.74, 6) is 1.28. The van der Waals surface area contributed by atoms with Gasteiger partial charge in [-0.3, -0.25) is 9.59 Å². The molecule has 2 aliphatic carbocycles. The standard InChI is InChI=1S/C19H27N3O3.C15H21N3O3.C4H7Br/c1-19(2,3)25-18(24)20-14-12-21(4)15-7-5-6-8-16(15)22(17(14)23)11-13-9-10-13;1-15(2,3)21-14(20)17-11-9-18(4)12-8-6-5-7-10(12)16-13(11)19;5-3-4-1-2-4/h5-8,13-14H,9-12H2,1-4H3,(H,20,24);5-8,11H,9H2,1-4H3,(H,16,19)(H,17,20);4H,1-3H2/t14-;11-;/m11./s1. The molecule has 13 heteroatoms. The van der Waals surface area contributed by atoms with Crippen molar-refractivity contribution in [3.05, 3.63) is 48.5 Å². The molecule has 6 rings (SSSR count). The summed E-state index contributed by atoms with van der Waals surface area (Å²) in [7, 11) is 3.82. The van der Waals surface area contributed by atoms with E-state index in [1.807, 2.05) is 98.1 Å².